The summed E-state index contributed by atoms with van der Waals surface area (Å²) in [6, 6.07) is 7.07. The lowest BCUT2D eigenvalue weighted by atomic mass is 9.94. The molecule has 1 saturated carbocycles. The van der Waals surface area contributed by atoms with Crippen molar-refractivity contribution in [3.63, 3.8) is 0 Å². The first-order valence-electron chi connectivity index (χ1n) is 8.23. The molecule has 0 spiro atoms. The molecule has 0 aromatic heterocycles. The Morgan fingerprint density at radius 2 is 1.91 bits per heavy atom. The van der Waals surface area contributed by atoms with Gasteiger partial charge in [0, 0.05) is 17.6 Å². The lowest BCUT2D eigenvalue weighted by Crippen LogP contribution is -2.42. The number of halogens is 1. The van der Waals surface area contributed by atoms with Gasteiger partial charge in [-0.15, -0.1) is 0 Å². The third-order valence-corrected chi connectivity index (χ3v) is 4.90. The van der Waals surface area contributed by atoms with Crippen LogP contribution in [0.1, 0.15) is 37.7 Å². The Morgan fingerprint density at radius 1 is 1.22 bits per heavy atom. The summed E-state index contributed by atoms with van der Waals surface area (Å²) in [5, 5.41) is 6.35. The van der Waals surface area contributed by atoms with Crippen molar-refractivity contribution < 1.29 is 9.59 Å². The van der Waals surface area contributed by atoms with Gasteiger partial charge in [-0.2, -0.15) is 0 Å². The zero-order chi connectivity index (χ0) is 16.2. The first-order chi connectivity index (χ1) is 11.1. The zero-order valence-electron chi connectivity index (χ0n) is 13.1. The summed E-state index contributed by atoms with van der Waals surface area (Å²) in [6.07, 6.45) is 5.68. The topological polar surface area (TPSA) is 61.4 Å². The number of benzene rings is 1. The van der Waals surface area contributed by atoms with Crippen molar-refractivity contribution in [2.75, 3.05) is 6.54 Å². The highest BCUT2D eigenvalue weighted by Crippen LogP contribution is 2.24. The van der Waals surface area contributed by atoms with Crippen LogP contribution in [0.5, 0.6) is 0 Å². The molecular weight excluding hydrogens is 314 g/mol. The number of nitrogens with zero attached hydrogens (tertiary/aromatic N) is 1. The quantitative estimate of drug-likeness (QED) is 0.888. The van der Waals surface area contributed by atoms with Crippen LogP contribution in [0.15, 0.2) is 24.3 Å². The van der Waals surface area contributed by atoms with Gasteiger partial charge >= 0.3 is 6.03 Å². The van der Waals surface area contributed by atoms with Crippen molar-refractivity contribution in [1.29, 1.82) is 0 Å². The molecule has 1 atom stereocenters. The third-order valence-electron chi connectivity index (χ3n) is 4.65. The van der Waals surface area contributed by atoms with Crippen LogP contribution in [-0.4, -0.2) is 35.5 Å². The molecule has 1 heterocycles. The molecule has 2 N–H and O–H groups in total. The first-order valence-corrected chi connectivity index (χ1v) is 8.60. The second-order valence-corrected chi connectivity index (χ2v) is 6.73. The highest BCUT2D eigenvalue weighted by Gasteiger charge is 2.37. The highest BCUT2D eigenvalue weighted by atomic mass is 35.5. The van der Waals surface area contributed by atoms with Crippen molar-refractivity contribution in [1.82, 2.24) is 15.5 Å². The Kier molecular flexibility index (Phi) is 5.06. The summed E-state index contributed by atoms with van der Waals surface area (Å²) in [4.78, 5) is 26.2. The molecule has 2 aliphatic rings. The van der Waals surface area contributed by atoms with Crippen LogP contribution in [-0.2, 0) is 11.3 Å². The fourth-order valence-corrected chi connectivity index (χ4v) is 3.45. The standard InChI is InChI=1S/C17H22ClN3O2/c18-13-8-6-12(7-9-13)10-19-16(22)15-11-21(17(23)20-15)14-4-2-1-3-5-14/h6-9,14-15H,1-5,10-11H2,(H,19,22)(H,20,23). The number of carbonyl (C=O) groups excluding carboxylic acids is 2. The van der Waals surface area contributed by atoms with Crippen LogP contribution < -0.4 is 10.6 Å². The fraction of sp³-hybridized carbons (Fsp3) is 0.529. The van der Waals surface area contributed by atoms with Crippen LogP contribution in [0.25, 0.3) is 0 Å². The van der Waals surface area contributed by atoms with Crippen molar-refractivity contribution in [2.24, 2.45) is 0 Å². The minimum Gasteiger partial charge on any atom is -0.350 e. The summed E-state index contributed by atoms with van der Waals surface area (Å²) in [5.41, 5.74) is 0.983. The van der Waals surface area contributed by atoms with E-state index < -0.39 is 6.04 Å². The molecule has 0 radical (unpaired) electrons. The Hall–Kier alpha value is -1.75. The molecule has 5 nitrogen and oxygen atoms in total. The van der Waals surface area contributed by atoms with Gasteiger partial charge in [-0.05, 0) is 30.5 Å². The van der Waals surface area contributed by atoms with E-state index in [4.69, 9.17) is 11.6 Å². The maximum Gasteiger partial charge on any atom is 0.318 e. The Labute approximate surface area is 141 Å². The normalized spacial score (nSPS) is 22.0. The van der Waals surface area contributed by atoms with Gasteiger partial charge in [0.15, 0.2) is 0 Å². The summed E-state index contributed by atoms with van der Waals surface area (Å²) in [7, 11) is 0. The molecule has 1 aromatic carbocycles. The summed E-state index contributed by atoms with van der Waals surface area (Å²) >= 11 is 5.84. The van der Waals surface area contributed by atoms with E-state index in [1.807, 2.05) is 17.0 Å². The maximum atomic E-state index is 12.3. The van der Waals surface area contributed by atoms with Gasteiger partial charge in [0.05, 0.1) is 6.54 Å². The molecule has 23 heavy (non-hydrogen) atoms. The monoisotopic (exact) mass is 335 g/mol. The Balaban J connectivity index is 1.52. The van der Waals surface area contributed by atoms with Gasteiger partial charge in [-0.1, -0.05) is 43.0 Å². The molecule has 0 bridgehead atoms. The molecule has 1 aliphatic carbocycles. The van der Waals surface area contributed by atoms with Gasteiger partial charge < -0.3 is 15.5 Å². The van der Waals surface area contributed by atoms with E-state index in [0.29, 0.717) is 18.1 Å². The third kappa shape index (κ3) is 3.96. The average Bonchev–Trinajstić information content (AvgIpc) is 2.97. The van der Waals surface area contributed by atoms with Gasteiger partial charge in [0.2, 0.25) is 5.91 Å². The number of urea groups is 1. The first kappa shape index (κ1) is 16.1. The number of rotatable bonds is 4. The largest absolute Gasteiger partial charge is 0.350 e. The summed E-state index contributed by atoms with van der Waals surface area (Å²) in [6.45, 7) is 0.905. The smallest absolute Gasteiger partial charge is 0.318 e. The molecule has 3 amide bonds. The van der Waals surface area contributed by atoms with Gasteiger partial charge in [-0.25, -0.2) is 4.79 Å². The lowest BCUT2D eigenvalue weighted by Gasteiger charge is -2.30. The predicted octanol–water partition coefficient (Wildman–Crippen LogP) is 2.68. The Bertz CT molecular complexity index is 570. The van der Waals surface area contributed by atoms with E-state index in [0.717, 1.165) is 18.4 Å². The minimum atomic E-state index is -0.461. The molecule has 124 valence electrons. The summed E-state index contributed by atoms with van der Waals surface area (Å²) in [5.74, 6) is -0.133. The fourth-order valence-electron chi connectivity index (χ4n) is 3.33. The number of hydrogen-bond donors (Lipinski definition) is 2. The Morgan fingerprint density at radius 3 is 2.61 bits per heavy atom. The van der Waals surface area contributed by atoms with Crippen LogP contribution in [0.4, 0.5) is 4.79 Å². The van der Waals surface area contributed by atoms with Gasteiger partial charge in [-0.3, -0.25) is 4.79 Å². The van der Waals surface area contributed by atoms with Gasteiger partial charge in [0.1, 0.15) is 6.04 Å². The SMILES string of the molecule is O=C(NCc1ccc(Cl)cc1)C1CN(C2CCCCC2)C(=O)N1. The zero-order valence-corrected chi connectivity index (χ0v) is 13.8. The minimum absolute atomic E-state index is 0.108. The van der Waals surface area contributed by atoms with Crippen molar-refractivity contribution in [2.45, 2.75) is 50.7 Å². The maximum absolute atomic E-state index is 12.3. The number of nitrogens with one attached hydrogen (secondary N) is 2. The molecule has 1 saturated heterocycles. The van der Waals surface area contributed by atoms with Crippen LogP contribution in [0.3, 0.4) is 0 Å². The predicted molar refractivity (Wildman–Crippen MR) is 89.2 cm³/mol. The number of hydrogen-bond acceptors (Lipinski definition) is 2. The van der Waals surface area contributed by atoms with E-state index in [9.17, 15) is 9.59 Å². The second kappa shape index (κ2) is 7.21. The van der Waals surface area contributed by atoms with E-state index >= 15 is 0 Å². The molecule has 1 aliphatic heterocycles. The second-order valence-electron chi connectivity index (χ2n) is 6.29. The summed E-state index contributed by atoms with van der Waals surface area (Å²) < 4.78 is 0. The van der Waals surface area contributed by atoms with E-state index in [-0.39, 0.29) is 18.0 Å². The van der Waals surface area contributed by atoms with Crippen LogP contribution in [0.2, 0.25) is 5.02 Å². The molecular formula is C17H22ClN3O2. The van der Waals surface area contributed by atoms with Crippen molar-refractivity contribution in [3.8, 4) is 0 Å². The highest BCUT2D eigenvalue weighted by molar-refractivity contribution is 6.30. The number of carbonyl (C=O) groups is 2. The molecule has 2 fully saturated rings. The van der Waals surface area contributed by atoms with E-state index in [1.165, 1.54) is 19.3 Å². The molecule has 3 rings (SSSR count). The van der Waals surface area contributed by atoms with Crippen LogP contribution >= 0.6 is 11.6 Å². The molecule has 1 unspecified atom stereocenters. The van der Waals surface area contributed by atoms with E-state index in [1.54, 1.807) is 12.1 Å². The molecule has 1 aromatic rings. The average molecular weight is 336 g/mol. The van der Waals surface area contributed by atoms with Crippen molar-refractivity contribution >= 4 is 23.5 Å². The number of amides is 3. The van der Waals surface area contributed by atoms with Gasteiger partial charge in [0.25, 0.3) is 0 Å². The van der Waals surface area contributed by atoms with E-state index in [2.05, 4.69) is 10.6 Å². The molecule has 6 heteroatoms. The van der Waals surface area contributed by atoms with Crippen molar-refractivity contribution in [3.05, 3.63) is 34.9 Å². The lowest BCUT2D eigenvalue weighted by molar-refractivity contribution is -0.122. The van der Waals surface area contributed by atoms with Crippen LogP contribution in [0, 0.1) is 0 Å².